The molecule has 1 saturated heterocycles. The van der Waals surface area contributed by atoms with Gasteiger partial charge in [0, 0.05) is 74.2 Å². The molecule has 7 rings (SSSR count). The van der Waals surface area contributed by atoms with E-state index in [0.29, 0.717) is 84.5 Å². The Labute approximate surface area is 348 Å². The van der Waals surface area contributed by atoms with Crippen LogP contribution in [0.2, 0.25) is 0 Å². The standard InChI is InChI=1S/C42H50N8O7.CH2O2/c1-27-32(28(2)57-46-27)21-38(52)47-16-8-9-17-49(42(53)31-13-6-7-14-35(31)50-19-11-15-44-50)25-30-20-33-34(22-36(54-3)40(56-5)39(33)55-4)45-41(30)48-18-10-12-29(24-48)23-43-37(51)26-47;2-1-3/h6-7,11,13-15,19-20,22,29H,8-10,12,16-18,21,23-26H2,1-5H3,(H,43,51);1H,(H,2,3). The summed E-state index contributed by atoms with van der Waals surface area (Å²) in [6, 6.07) is 13.2. The Bertz CT molecular complexity index is 2270. The monoisotopic (exact) mass is 824 g/mol. The number of piperidine rings is 1. The highest BCUT2D eigenvalue weighted by atomic mass is 16.5. The first-order chi connectivity index (χ1) is 29.1. The van der Waals surface area contributed by atoms with Crippen LogP contribution in [0.15, 0.2) is 59.4 Å². The van der Waals surface area contributed by atoms with Gasteiger partial charge < -0.3 is 43.9 Å². The van der Waals surface area contributed by atoms with Crippen molar-refractivity contribution >= 4 is 40.9 Å². The molecule has 1 atom stereocenters. The van der Waals surface area contributed by atoms with E-state index in [0.717, 1.165) is 41.7 Å². The first-order valence-electron chi connectivity index (χ1n) is 19.9. The van der Waals surface area contributed by atoms with E-state index in [9.17, 15) is 14.4 Å². The van der Waals surface area contributed by atoms with E-state index in [2.05, 4.69) is 20.5 Å². The number of aromatic nitrogens is 4. The van der Waals surface area contributed by atoms with Crippen molar-refractivity contribution in [3.05, 3.63) is 83.0 Å². The second-order valence-electron chi connectivity index (χ2n) is 14.7. The van der Waals surface area contributed by atoms with E-state index in [1.165, 1.54) is 0 Å². The van der Waals surface area contributed by atoms with Gasteiger partial charge in [-0.25, -0.2) is 9.67 Å². The molecule has 17 heteroatoms. The van der Waals surface area contributed by atoms with Crippen LogP contribution in [0.1, 0.15) is 58.6 Å². The third kappa shape index (κ3) is 9.62. The van der Waals surface area contributed by atoms with Crippen molar-refractivity contribution in [2.24, 2.45) is 5.92 Å². The molecule has 1 fully saturated rings. The van der Waals surface area contributed by atoms with Crippen LogP contribution in [0.3, 0.4) is 0 Å². The Morgan fingerprint density at radius 1 is 0.967 bits per heavy atom. The van der Waals surface area contributed by atoms with Crippen LogP contribution >= 0.6 is 0 Å². The van der Waals surface area contributed by atoms with Crippen molar-refractivity contribution in [2.75, 3.05) is 65.5 Å². The topological polar surface area (TPSA) is 195 Å². The summed E-state index contributed by atoms with van der Waals surface area (Å²) in [4.78, 5) is 61.5. The third-order valence-electron chi connectivity index (χ3n) is 10.9. The number of hydrogen-bond donors (Lipinski definition) is 2. The summed E-state index contributed by atoms with van der Waals surface area (Å²) in [7, 11) is 4.73. The number of nitrogens with zero attached hydrogens (tertiary/aromatic N) is 7. The fourth-order valence-corrected chi connectivity index (χ4v) is 7.93. The van der Waals surface area contributed by atoms with Crippen LogP contribution in [-0.4, -0.2) is 120 Å². The zero-order valence-corrected chi connectivity index (χ0v) is 34.7. The maximum Gasteiger partial charge on any atom is 0.290 e. The number of carboxylic acid groups (broad SMARTS) is 1. The molecule has 0 aliphatic carbocycles. The first kappa shape index (κ1) is 42.9. The number of hydrogen-bond acceptors (Lipinski definition) is 12. The molecule has 0 saturated carbocycles. The van der Waals surface area contributed by atoms with E-state index in [1.807, 2.05) is 60.5 Å². The number of fused-ring (bicyclic) bond motifs is 5. The molecule has 2 N–H and O–H groups in total. The van der Waals surface area contributed by atoms with Gasteiger partial charge in [-0.3, -0.25) is 19.2 Å². The van der Waals surface area contributed by atoms with Gasteiger partial charge in [0.15, 0.2) is 11.5 Å². The summed E-state index contributed by atoms with van der Waals surface area (Å²) in [5.41, 5.74) is 4.05. The molecule has 3 aromatic heterocycles. The summed E-state index contributed by atoms with van der Waals surface area (Å²) >= 11 is 0. The number of amides is 3. The van der Waals surface area contributed by atoms with Crippen molar-refractivity contribution in [2.45, 2.75) is 52.5 Å². The number of benzene rings is 2. The van der Waals surface area contributed by atoms with Gasteiger partial charge in [0.25, 0.3) is 12.4 Å². The molecular weight excluding hydrogens is 773 g/mol. The third-order valence-corrected chi connectivity index (χ3v) is 10.9. The fraction of sp³-hybridized carbons (Fsp3) is 0.419. The number of carbonyl (C=O) groups is 4. The van der Waals surface area contributed by atoms with Gasteiger partial charge in [-0.15, -0.1) is 0 Å². The Morgan fingerprint density at radius 3 is 2.40 bits per heavy atom. The van der Waals surface area contributed by atoms with Gasteiger partial charge in [0.1, 0.15) is 11.6 Å². The lowest BCUT2D eigenvalue weighted by atomic mass is 9.97. The molecule has 318 valence electrons. The number of anilines is 1. The summed E-state index contributed by atoms with van der Waals surface area (Å²) in [5, 5.41) is 19.2. The second kappa shape index (κ2) is 19.9. The Kier molecular flexibility index (Phi) is 14.2. The number of pyridine rings is 1. The second-order valence-corrected chi connectivity index (χ2v) is 14.7. The minimum absolute atomic E-state index is 0.0674. The molecule has 2 bridgehead atoms. The summed E-state index contributed by atoms with van der Waals surface area (Å²) < 4.78 is 24.4. The van der Waals surface area contributed by atoms with Gasteiger partial charge in [0.2, 0.25) is 17.6 Å². The molecule has 0 spiro atoms. The summed E-state index contributed by atoms with van der Waals surface area (Å²) in [5.74, 6) is 2.34. The van der Waals surface area contributed by atoms with Gasteiger partial charge in [-0.2, -0.15) is 5.10 Å². The van der Waals surface area contributed by atoms with Crippen molar-refractivity contribution in [3.8, 4) is 22.9 Å². The SMILES string of the molecule is COc1cc2nc3c(cc2c(OC)c1OC)CN(C(=O)c1ccccc1-n1cccn1)CCCCN(C(=O)Cc1c(C)noc1C)CC(=O)NCC1CCCN3C1.O=CO. The summed E-state index contributed by atoms with van der Waals surface area (Å²) in [6.45, 7) is 6.07. The molecule has 5 aromatic rings. The van der Waals surface area contributed by atoms with Gasteiger partial charge in [0.05, 0.1) is 56.8 Å². The zero-order chi connectivity index (χ0) is 42.8. The van der Waals surface area contributed by atoms with E-state index in [1.54, 1.807) is 44.0 Å². The van der Waals surface area contributed by atoms with Crippen LogP contribution in [-0.2, 0) is 27.3 Å². The molecule has 60 heavy (non-hydrogen) atoms. The number of methoxy groups -OCH3 is 3. The van der Waals surface area contributed by atoms with E-state index in [4.69, 9.17) is 33.6 Å². The number of carbonyl (C=O) groups excluding carboxylic acids is 3. The zero-order valence-electron chi connectivity index (χ0n) is 34.7. The predicted molar refractivity (Wildman–Crippen MR) is 222 cm³/mol. The Hall–Kier alpha value is -6.65. The molecule has 2 aromatic carbocycles. The number of nitrogens with one attached hydrogen (secondary N) is 1. The molecule has 1 unspecified atom stereocenters. The Morgan fingerprint density at radius 2 is 1.72 bits per heavy atom. The predicted octanol–water partition coefficient (Wildman–Crippen LogP) is 4.59. The maximum absolute atomic E-state index is 14.9. The van der Waals surface area contributed by atoms with Crippen LogP contribution in [0.4, 0.5) is 5.82 Å². The number of aryl methyl sites for hydroxylation is 2. The van der Waals surface area contributed by atoms with Crippen molar-refractivity contribution in [1.82, 2.24) is 35.0 Å². The van der Waals surface area contributed by atoms with E-state index >= 15 is 0 Å². The number of ether oxygens (including phenoxy) is 3. The quantitative estimate of drug-likeness (QED) is 0.217. The fourth-order valence-electron chi connectivity index (χ4n) is 7.93. The van der Waals surface area contributed by atoms with Gasteiger partial charge >= 0.3 is 0 Å². The smallest absolute Gasteiger partial charge is 0.290 e. The van der Waals surface area contributed by atoms with Crippen molar-refractivity contribution in [3.63, 3.8) is 0 Å². The average molecular weight is 825 g/mol. The van der Waals surface area contributed by atoms with E-state index in [-0.39, 0.29) is 49.6 Å². The van der Waals surface area contributed by atoms with Crippen molar-refractivity contribution < 1.29 is 43.0 Å². The van der Waals surface area contributed by atoms with Gasteiger partial charge in [-0.1, -0.05) is 17.3 Å². The van der Waals surface area contributed by atoms with Crippen LogP contribution in [0.25, 0.3) is 16.6 Å². The molecule has 17 nitrogen and oxygen atoms in total. The number of rotatable bonds is 7. The maximum atomic E-state index is 14.9. The molecular formula is C43H52N8O9. The molecule has 2 aliphatic rings. The Balaban J connectivity index is 0.00000195. The highest BCUT2D eigenvalue weighted by molar-refractivity contribution is 5.98. The minimum atomic E-state index is -0.250. The highest BCUT2D eigenvalue weighted by Crippen LogP contribution is 2.44. The molecule has 2 aliphatic heterocycles. The average Bonchev–Trinajstić information content (AvgIpc) is 3.91. The van der Waals surface area contributed by atoms with Gasteiger partial charge in [-0.05, 0) is 69.7 Å². The lowest BCUT2D eigenvalue weighted by Crippen LogP contribution is -2.46. The largest absolute Gasteiger partial charge is 0.493 e. The normalized spacial score (nSPS) is 16.2. The lowest BCUT2D eigenvalue weighted by molar-refractivity contribution is -0.135. The minimum Gasteiger partial charge on any atom is -0.493 e. The van der Waals surface area contributed by atoms with Crippen LogP contribution in [0.5, 0.6) is 17.2 Å². The molecule has 3 amide bonds. The number of para-hydroxylation sites is 1. The molecule has 5 heterocycles. The molecule has 0 radical (unpaired) electrons. The van der Waals surface area contributed by atoms with Crippen LogP contribution < -0.4 is 24.4 Å². The van der Waals surface area contributed by atoms with Crippen LogP contribution in [0, 0.1) is 19.8 Å². The lowest BCUT2D eigenvalue weighted by Gasteiger charge is -2.36. The van der Waals surface area contributed by atoms with Crippen molar-refractivity contribution in [1.29, 1.82) is 0 Å². The summed E-state index contributed by atoms with van der Waals surface area (Å²) in [6.07, 6.45) is 6.49. The van der Waals surface area contributed by atoms with E-state index < -0.39 is 0 Å². The highest BCUT2D eigenvalue weighted by Gasteiger charge is 2.29. The first-order valence-corrected chi connectivity index (χ1v) is 19.9.